The average Bonchev–Trinajstić information content (AvgIpc) is 3.25. The van der Waals surface area contributed by atoms with E-state index in [2.05, 4.69) is 27.1 Å². The number of rotatable bonds is 7. The minimum atomic E-state index is 0.000815. The third-order valence-corrected chi connectivity index (χ3v) is 6.32. The van der Waals surface area contributed by atoms with Gasteiger partial charge in [-0.3, -0.25) is 14.6 Å². The van der Waals surface area contributed by atoms with Crippen LogP contribution in [0.25, 0.3) is 0 Å². The number of aliphatic imine (C=N–C) groups is 1. The molecule has 2 aromatic rings. The number of amides is 2. The predicted octanol–water partition coefficient (Wildman–Crippen LogP) is 2.13. The van der Waals surface area contributed by atoms with E-state index in [-0.39, 0.29) is 11.8 Å². The van der Waals surface area contributed by atoms with Crippen LogP contribution in [0, 0.1) is 0 Å². The van der Waals surface area contributed by atoms with Gasteiger partial charge in [-0.25, -0.2) is 0 Å². The number of benzene rings is 1. The van der Waals surface area contributed by atoms with E-state index in [1.54, 1.807) is 37.4 Å². The van der Waals surface area contributed by atoms with Crippen molar-refractivity contribution < 1.29 is 9.59 Å². The number of hydrogen-bond acceptors (Lipinski definition) is 4. The number of thiophene rings is 1. The first-order valence-corrected chi connectivity index (χ1v) is 11.4. The van der Waals surface area contributed by atoms with Gasteiger partial charge in [-0.05, 0) is 47.5 Å². The second-order valence-electron chi connectivity index (χ2n) is 7.76. The van der Waals surface area contributed by atoms with Crippen LogP contribution in [0.4, 0.5) is 0 Å². The molecule has 0 aliphatic carbocycles. The van der Waals surface area contributed by atoms with Crippen LogP contribution in [0.15, 0.2) is 40.7 Å². The van der Waals surface area contributed by atoms with Gasteiger partial charge in [-0.2, -0.15) is 0 Å². The lowest BCUT2D eigenvalue weighted by Crippen LogP contribution is -2.41. The smallest absolute Gasteiger partial charge is 0.253 e. The second-order valence-corrected chi connectivity index (χ2v) is 8.76. The molecule has 0 spiro atoms. The molecule has 0 atom stereocenters. The summed E-state index contributed by atoms with van der Waals surface area (Å²) in [6.07, 6.45) is 2.16. The zero-order valence-electron chi connectivity index (χ0n) is 18.5. The minimum absolute atomic E-state index is 0.000815. The Morgan fingerprint density at radius 2 is 2.00 bits per heavy atom. The molecular formula is C23H31N5O2S. The Bertz CT molecular complexity index is 938. The topological polar surface area (TPSA) is 77.0 Å². The van der Waals surface area contributed by atoms with Crippen LogP contribution in [0.1, 0.15) is 32.8 Å². The highest BCUT2D eigenvalue weighted by molar-refractivity contribution is 7.10. The Balaban J connectivity index is 1.39. The number of carbonyl (C=O) groups is 2. The number of nitrogens with one attached hydrogen (secondary N) is 2. The van der Waals surface area contributed by atoms with Crippen LogP contribution >= 0.6 is 11.3 Å². The highest BCUT2D eigenvalue weighted by Gasteiger charge is 2.21. The number of carbonyl (C=O) groups excluding carboxylic acids is 2. The molecule has 0 saturated heterocycles. The molecule has 0 saturated carbocycles. The Labute approximate surface area is 188 Å². The van der Waals surface area contributed by atoms with Crippen LogP contribution in [-0.4, -0.2) is 68.4 Å². The highest BCUT2D eigenvalue weighted by Crippen LogP contribution is 2.24. The highest BCUT2D eigenvalue weighted by atomic mass is 32.1. The molecule has 31 heavy (non-hydrogen) atoms. The second kappa shape index (κ2) is 10.9. The molecule has 1 aliphatic heterocycles. The molecule has 0 bridgehead atoms. The van der Waals surface area contributed by atoms with Gasteiger partial charge in [0.2, 0.25) is 5.91 Å². The summed E-state index contributed by atoms with van der Waals surface area (Å²) >= 11 is 1.78. The SMILES string of the molecule is CN=C(NCCC(=O)N1CCc2sccc2C1)NCCc1cccc(C(=O)N(C)C)c1. The summed E-state index contributed by atoms with van der Waals surface area (Å²) in [6.45, 7) is 2.74. The lowest BCUT2D eigenvalue weighted by atomic mass is 10.1. The number of fused-ring (bicyclic) bond motifs is 1. The molecule has 8 heteroatoms. The van der Waals surface area contributed by atoms with Gasteiger partial charge in [0.25, 0.3) is 5.91 Å². The van der Waals surface area contributed by atoms with Gasteiger partial charge in [0.05, 0.1) is 0 Å². The number of nitrogens with zero attached hydrogens (tertiary/aromatic N) is 3. The van der Waals surface area contributed by atoms with Crippen LogP contribution in [0.3, 0.4) is 0 Å². The van der Waals surface area contributed by atoms with E-state index in [4.69, 9.17) is 0 Å². The van der Waals surface area contributed by atoms with Gasteiger partial charge < -0.3 is 20.4 Å². The molecule has 0 fully saturated rings. The van der Waals surface area contributed by atoms with Gasteiger partial charge in [0.1, 0.15) is 0 Å². The molecule has 0 radical (unpaired) electrons. The lowest BCUT2D eigenvalue weighted by Gasteiger charge is -2.27. The fraction of sp³-hybridized carbons (Fsp3) is 0.435. The fourth-order valence-electron chi connectivity index (χ4n) is 3.57. The molecule has 3 rings (SSSR count). The van der Waals surface area contributed by atoms with Crippen LogP contribution in [-0.2, 0) is 24.2 Å². The maximum absolute atomic E-state index is 12.5. The maximum Gasteiger partial charge on any atom is 0.253 e. The molecule has 1 aromatic carbocycles. The summed E-state index contributed by atoms with van der Waals surface area (Å²) in [5.74, 6) is 0.843. The van der Waals surface area contributed by atoms with Crippen LogP contribution in [0.5, 0.6) is 0 Å². The van der Waals surface area contributed by atoms with E-state index in [1.807, 2.05) is 29.2 Å². The first-order chi connectivity index (χ1) is 15.0. The van der Waals surface area contributed by atoms with E-state index in [0.29, 0.717) is 31.0 Å². The fourth-order valence-corrected chi connectivity index (χ4v) is 4.46. The van der Waals surface area contributed by atoms with Gasteiger partial charge >= 0.3 is 0 Å². The van der Waals surface area contributed by atoms with Gasteiger partial charge in [0.15, 0.2) is 5.96 Å². The summed E-state index contributed by atoms with van der Waals surface area (Å²) in [6, 6.07) is 9.80. The molecule has 0 unspecified atom stereocenters. The third-order valence-electron chi connectivity index (χ3n) is 5.30. The summed E-state index contributed by atoms with van der Waals surface area (Å²) in [5.41, 5.74) is 3.06. The van der Waals surface area contributed by atoms with Crippen LogP contribution < -0.4 is 10.6 Å². The molecule has 1 aliphatic rings. The van der Waals surface area contributed by atoms with E-state index >= 15 is 0 Å². The summed E-state index contributed by atoms with van der Waals surface area (Å²) < 4.78 is 0. The van der Waals surface area contributed by atoms with Gasteiger partial charge in [0, 0.05) is 64.2 Å². The molecular weight excluding hydrogens is 410 g/mol. The quantitative estimate of drug-likeness (QED) is 0.510. The summed E-state index contributed by atoms with van der Waals surface area (Å²) in [7, 11) is 5.22. The largest absolute Gasteiger partial charge is 0.356 e. The molecule has 2 amide bonds. The van der Waals surface area contributed by atoms with Crippen molar-refractivity contribution in [2.75, 3.05) is 40.8 Å². The van der Waals surface area contributed by atoms with Crippen molar-refractivity contribution >= 4 is 29.1 Å². The first-order valence-electron chi connectivity index (χ1n) is 10.6. The van der Waals surface area contributed by atoms with E-state index in [0.717, 1.165) is 31.5 Å². The standard InChI is InChI=1S/C23H31N5O2S/c1-24-23(25-11-7-17-5-4-6-18(15-17)22(30)27(2)3)26-12-8-21(29)28-13-9-20-19(16-28)10-14-31-20/h4-6,10,14-15H,7-9,11-13,16H2,1-3H3,(H2,24,25,26). The third kappa shape index (κ3) is 6.30. The van der Waals surface area contributed by atoms with Crippen molar-refractivity contribution in [1.29, 1.82) is 0 Å². The minimum Gasteiger partial charge on any atom is -0.356 e. The number of guanidine groups is 1. The molecule has 166 valence electrons. The number of hydrogen-bond donors (Lipinski definition) is 2. The van der Waals surface area contributed by atoms with E-state index in [9.17, 15) is 9.59 Å². The van der Waals surface area contributed by atoms with Crippen molar-refractivity contribution in [3.63, 3.8) is 0 Å². The average molecular weight is 442 g/mol. The first kappa shape index (κ1) is 22.8. The normalized spacial score (nSPS) is 13.5. The van der Waals surface area contributed by atoms with Crippen molar-refractivity contribution in [2.24, 2.45) is 4.99 Å². The van der Waals surface area contributed by atoms with Gasteiger partial charge in [-0.15, -0.1) is 11.3 Å². The molecule has 2 heterocycles. The molecule has 7 nitrogen and oxygen atoms in total. The van der Waals surface area contributed by atoms with Crippen LogP contribution in [0.2, 0.25) is 0 Å². The van der Waals surface area contributed by atoms with E-state index < -0.39 is 0 Å². The Morgan fingerprint density at radius 1 is 1.19 bits per heavy atom. The Hall–Kier alpha value is -2.87. The van der Waals surface area contributed by atoms with Crippen molar-refractivity contribution in [2.45, 2.75) is 25.8 Å². The Kier molecular flexibility index (Phi) is 8.06. The zero-order valence-corrected chi connectivity index (χ0v) is 19.3. The predicted molar refractivity (Wildman–Crippen MR) is 126 cm³/mol. The monoisotopic (exact) mass is 441 g/mol. The zero-order chi connectivity index (χ0) is 22.2. The lowest BCUT2D eigenvalue weighted by molar-refractivity contribution is -0.131. The summed E-state index contributed by atoms with van der Waals surface area (Å²) in [4.78, 5) is 33.8. The van der Waals surface area contributed by atoms with Crippen molar-refractivity contribution in [1.82, 2.24) is 20.4 Å². The van der Waals surface area contributed by atoms with Crippen molar-refractivity contribution in [3.8, 4) is 0 Å². The maximum atomic E-state index is 12.5. The Morgan fingerprint density at radius 3 is 2.77 bits per heavy atom. The molecule has 2 N–H and O–H groups in total. The molecule has 1 aromatic heterocycles. The van der Waals surface area contributed by atoms with E-state index in [1.165, 1.54) is 10.4 Å². The van der Waals surface area contributed by atoms with Gasteiger partial charge in [-0.1, -0.05) is 12.1 Å². The summed E-state index contributed by atoms with van der Waals surface area (Å²) in [5, 5.41) is 8.59. The van der Waals surface area contributed by atoms with Crippen molar-refractivity contribution in [3.05, 3.63) is 57.3 Å².